The second-order valence-electron chi connectivity index (χ2n) is 6.19. The summed E-state index contributed by atoms with van der Waals surface area (Å²) in [5.74, 6) is 2.64. The first-order valence-electron chi connectivity index (χ1n) is 7.80. The summed E-state index contributed by atoms with van der Waals surface area (Å²) in [5, 5.41) is 12.0. The van der Waals surface area contributed by atoms with Crippen molar-refractivity contribution in [3.63, 3.8) is 0 Å². The number of nitrogens with zero attached hydrogens (tertiary/aromatic N) is 5. The zero-order chi connectivity index (χ0) is 14.8. The van der Waals surface area contributed by atoms with Gasteiger partial charge in [0.2, 0.25) is 5.65 Å². The predicted octanol–water partition coefficient (Wildman–Crippen LogP) is 1.65. The molecule has 0 spiro atoms. The number of hydrogen-bond acceptors (Lipinski definition) is 5. The van der Waals surface area contributed by atoms with E-state index in [-0.39, 0.29) is 0 Å². The highest BCUT2D eigenvalue weighted by Crippen LogP contribution is 2.24. The van der Waals surface area contributed by atoms with E-state index >= 15 is 0 Å². The molecule has 0 aromatic carbocycles. The van der Waals surface area contributed by atoms with Gasteiger partial charge in [-0.2, -0.15) is 0 Å². The molecule has 1 saturated heterocycles. The van der Waals surface area contributed by atoms with Gasteiger partial charge in [0.25, 0.3) is 0 Å². The lowest BCUT2D eigenvalue weighted by molar-refractivity contribution is 0.370. The Bertz CT molecular complexity index is 597. The zero-order valence-electron chi connectivity index (χ0n) is 13.1. The topological polar surface area (TPSA) is 58.4 Å². The van der Waals surface area contributed by atoms with Gasteiger partial charge in [-0.3, -0.25) is 4.40 Å². The maximum absolute atomic E-state index is 4.53. The molecular formula is C15H24N6. The molecule has 21 heavy (non-hydrogen) atoms. The summed E-state index contributed by atoms with van der Waals surface area (Å²) in [6, 6.07) is 0.567. The van der Waals surface area contributed by atoms with Crippen molar-refractivity contribution in [2.45, 2.75) is 39.7 Å². The van der Waals surface area contributed by atoms with Crippen molar-refractivity contribution in [2.75, 3.05) is 24.5 Å². The highest BCUT2D eigenvalue weighted by Gasteiger charge is 2.22. The van der Waals surface area contributed by atoms with Crippen LogP contribution < -0.4 is 10.2 Å². The predicted molar refractivity (Wildman–Crippen MR) is 83.6 cm³/mol. The van der Waals surface area contributed by atoms with Crippen LogP contribution in [0, 0.1) is 12.8 Å². The quantitative estimate of drug-likeness (QED) is 0.927. The van der Waals surface area contributed by atoms with Crippen molar-refractivity contribution in [1.82, 2.24) is 24.9 Å². The number of aryl methyl sites for hydroxylation is 1. The normalized spacial score (nSPS) is 17.0. The summed E-state index contributed by atoms with van der Waals surface area (Å²) >= 11 is 0. The Balaban J connectivity index is 1.68. The summed E-state index contributed by atoms with van der Waals surface area (Å²) in [6.45, 7) is 9.58. The van der Waals surface area contributed by atoms with Crippen LogP contribution in [0.5, 0.6) is 0 Å². The summed E-state index contributed by atoms with van der Waals surface area (Å²) in [4.78, 5) is 6.87. The van der Waals surface area contributed by atoms with Crippen molar-refractivity contribution >= 4 is 11.5 Å². The van der Waals surface area contributed by atoms with Gasteiger partial charge in [-0.05, 0) is 32.2 Å². The Morgan fingerprint density at radius 3 is 2.76 bits per heavy atom. The molecule has 0 unspecified atom stereocenters. The van der Waals surface area contributed by atoms with Crippen LogP contribution in [-0.2, 0) is 0 Å². The highest BCUT2D eigenvalue weighted by molar-refractivity contribution is 5.63. The molecule has 1 fully saturated rings. The molecule has 0 bridgehead atoms. The SMILES string of the molecule is Cc1nnc2c(N3CCC(CNC(C)C)CC3)nccn12. The summed E-state index contributed by atoms with van der Waals surface area (Å²) in [6.07, 6.45) is 6.17. The van der Waals surface area contributed by atoms with E-state index in [2.05, 4.69) is 39.2 Å². The molecule has 3 rings (SSSR count). The molecule has 2 aromatic heterocycles. The average molecular weight is 288 g/mol. The Morgan fingerprint density at radius 2 is 2.05 bits per heavy atom. The summed E-state index contributed by atoms with van der Waals surface area (Å²) in [7, 11) is 0. The summed E-state index contributed by atoms with van der Waals surface area (Å²) in [5.41, 5.74) is 0.869. The molecular weight excluding hydrogens is 264 g/mol. The van der Waals surface area contributed by atoms with E-state index in [4.69, 9.17) is 0 Å². The van der Waals surface area contributed by atoms with Gasteiger partial charge in [-0.1, -0.05) is 13.8 Å². The Hall–Kier alpha value is -1.69. The van der Waals surface area contributed by atoms with Crippen molar-refractivity contribution in [2.24, 2.45) is 5.92 Å². The smallest absolute Gasteiger partial charge is 0.203 e. The first-order chi connectivity index (χ1) is 10.1. The number of anilines is 1. The molecule has 0 saturated carbocycles. The largest absolute Gasteiger partial charge is 0.353 e. The van der Waals surface area contributed by atoms with E-state index in [1.54, 1.807) is 0 Å². The van der Waals surface area contributed by atoms with Crippen LogP contribution in [0.25, 0.3) is 5.65 Å². The minimum absolute atomic E-state index is 0.567. The number of nitrogens with one attached hydrogen (secondary N) is 1. The second-order valence-corrected chi connectivity index (χ2v) is 6.19. The van der Waals surface area contributed by atoms with Crippen molar-refractivity contribution < 1.29 is 0 Å². The minimum Gasteiger partial charge on any atom is -0.353 e. The highest BCUT2D eigenvalue weighted by atomic mass is 15.3. The molecule has 1 aliphatic rings. The third kappa shape index (κ3) is 3.00. The van der Waals surface area contributed by atoms with E-state index in [1.165, 1.54) is 12.8 Å². The number of rotatable bonds is 4. The maximum Gasteiger partial charge on any atom is 0.203 e. The van der Waals surface area contributed by atoms with E-state index in [0.717, 1.165) is 42.8 Å². The zero-order valence-corrected chi connectivity index (χ0v) is 13.1. The van der Waals surface area contributed by atoms with Gasteiger partial charge in [-0.25, -0.2) is 4.98 Å². The number of fused-ring (bicyclic) bond motifs is 1. The van der Waals surface area contributed by atoms with Crippen LogP contribution in [0.2, 0.25) is 0 Å². The number of hydrogen-bond donors (Lipinski definition) is 1. The molecule has 1 aliphatic heterocycles. The lowest BCUT2D eigenvalue weighted by Gasteiger charge is -2.33. The third-order valence-corrected chi connectivity index (χ3v) is 4.21. The number of piperidine rings is 1. The van der Waals surface area contributed by atoms with E-state index in [0.29, 0.717) is 6.04 Å². The first kappa shape index (κ1) is 14.3. The first-order valence-corrected chi connectivity index (χ1v) is 7.80. The van der Waals surface area contributed by atoms with Gasteiger partial charge >= 0.3 is 0 Å². The fourth-order valence-corrected chi connectivity index (χ4v) is 2.90. The van der Waals surface area contributed by atoms with Crippen molar-refractivity contribution in [1.29, 1.82) is 0 Å². The summed E-state index contributed by atoms with van der Waals surface area (Å²) < 4.78 is 2.01. The van der Waals surface area contributed by atoms with E-state index in [1.807, 2.05) is 23.7 Å². The van der Waals surface area contributed by atoms with Crippen LogP contribution in [0.1, 0.15) is 32.5 Å². The van der Waals surface area contributed by atoms with Gasteiger partial charge in [-0.15, -0.1) is 10.2 Å². The fourth-order valence-electron chi connectivity index (χ4n) is 2.90. The van der Waals surface area contributed by atoms with Gasteiger partial charge < -0.3 is 10.2 Å². The Labute approximate surface area is 125 Å². The second kappa shape index (κ2) is 5.97. The Morgan fingerprint density at radius 1 is 1.29 bits per heavy atom. The molecule has 0 radical (unpaired) electrons. The standard InChI is InChI=1S/C15H24N6/c1-11(2)17-10-13-4-7-20(8-5-13)14-15-19-18-12(3)21(15)9-6-16-14/h6,9,11,13,17H,4-5,7-8,10H2,1-3H3. The molecule has 2 aromatic rings. The molecule has 0 aliphatic carbocycles. The third-order valence-electron chi connectivity index (χ3n) is 4.21. The molecule has 3 heterocycles. The van der Waals surface area contributed by atoms with Gasteiger partial charge in [0.15, 0.2) is 5.82 Å². The molecule has 0 atom stereocenters. The van der Waals surface area contributed by atoms with Crippen LogP contribution in [0.4, 0.5) is 5.82 Å². The van der Waals surface area contributed by atoms with E-state index < -0.39 is 0 Å². The fraction of sp³-hybridized carbons (Fsp3) is 0.667. The lowest BCUT2D eigenvalue weighted by atomic mass is 9.96. The lowest BCUT2D eigenvalue weighted by Crippen LogP contribution is -2.39. The monoisotopic (exact) mass is 288 g/mol. The Kier molecular flexibility index (Phi) is 4.05. The van der Waals surface area contributed by atoms with Gasteiger partial charge in [0.05, 0.1) is 0 Å². The maximum atomic E-state index is 4.53. The van der Waals surface area contributed by atoms with E-state index in [9.17, 15) is 0 Å². The van der Waals surface area contributed by atoms with Crippen molar-refractivity contribution in [3.8, 4) is 0 Å². The number of aromatic nitrogens is 4. The van der Waals surface area contributed by atoms with Crippen LogP contribution in [0.3, 0.4) is 0 Å². The van der Waals surface area contributed by atoms with Gasteiger partial charge in [0.1, 0.15) is 5.82 Å². The van der Waals surface area contributed by atoms with Crippen LogP contribution >= 0.6 is 0 Å². The molecule has 6 nitrogen and oxygen atoms in total. The van der Waals surface area contributed by atoms with Crippen LogP contribution in [0.15, 0.2) is 12.4 Å². The minimum atomic E-state index is 0.567. The average Bonchev–Trinajstić information content (AvgIpc) is 2.87. The molecule has 1 N–H and O–H groups in total. The molecule has 114 valence electrons. The van der Waals surface area contributed by atoms with Gasteiger partial charge in [0, 0.05) is 31.5 Å². The molecule has 6 heteroatoms. The van der Waals surface area contributed by atoms with Crippen LogP contribution in [-0.4, -0.2) is 45.3 Å². The molecule has 0 amide bonds. The van der Waals surface area contributed by atoms with Crippen molar-refractivity contribution in [3.05, 3.63) is 18.2 Å².